The van der Waals surface area contributed by atoms with Crippen molar-refractivity contribution in [3.05, 3.63) is 59.4 Å². The molecule has 0 N–H and O–H groups in total. The van der Waals surface area contributed by atoms with Gasteiger partial charge in [0.05, 0.1) is 5.25 Å². The van der Waals surface area contributed by atoms with Gasteiger partial charge in [0.1, 0.15) is 5.82 Å². The van der Waals surface area contributed by atoms with Gasteiger partial charge in [0.2, 0.25) is 10.0 Å². The molecular formula is C22H27FN2O3S. The van der Waals surface area contributed by atoms with E-state index in [4.69, 9.17) is 0 Å². The molecule has 2 aromatic rings. The van der Waals surface area contributed by atoms with Crippen LogP contribution in [-0.4, -0.2) is 48.9 Å². The summed E-state index contributed by atoms with van der Waals surface area (Å²) in [6.45, 7) is 3.61. The molecule has 2 atom stereocenters. The summed E-state index contributed by atoms with van der Waals surface area (Å²) in [6, 6.07) is 11.7. The first-order valence-electron chi connectivity index (χ1n) is 9.72. The second-order valence-corrected chi connectivity index (χ2v) is 10.2. The molecule has 0 saturated carbocycles. The fourth-order valence-electron chi connectivity index (χ4n) is 3.58. The van der Waals surface area contributed by atoms with Crippen LogP contribution in [0.4, 0.5) is 4.39 Å². The van der Waals surface area contributed by atoms with Crippen molar-refractivity contribution in [2.24, 2.45) is 0 Å². The third kappa shape index (κ3) is 4.36. The lowest BCUT2D eigenvalue weighted by molar-refractivity contribution is 0.0827. The van der Waals surface area contributed by atoms with Crippen molar-refractivity contribution in [3.8, 4) is 11.1 Å². The van der Waals surface area contributed by atoms with Crippen LogP contribution in [0.5, 0.6) is 0 Å². The number of hydrogen-bond acceptors (Lipinski definition) is 3. The van der Waals surface area contributed by atoms with Gasteiger partial charge in [-0.25, -0.2) is 12.8 Å². The standard InChI is InChI=1S/C22H27FN2O3S/c1-15-5-6-16(2)29(27,28)25(15)14-20-12-11-19(13-21(20)23)17-7-9-18(10-8-17)22(26)24(3)4/h7-13,15-16H,5-6,14H2,1-4H3/t15-,16?/m0/s1. The number of halogens is 1. The zero-order valence-electron chi connectivity index (χ0n) is 17.2. The maximum absolute atomic E-state index is 14.8. The van der Waals surface area contributed by atoms with E-state index in [0.717, 1.165) is 12.0 Å². The fraction of sp³-hybridized carbons (Fsp3) is 0.409. The highest BCUT2D eigenvalue weighted by atomic mass is 32.2. The maximum atomic E-state index is 14.8. The second kappa shape index (κ2) is 8.24. The lowest BCUT2D eigenvalue weighted by Gasteiger charge is -2.36. The van der Waals surface area contributed by atoms with Gasteiger partial charge in [-0.15, -0.1) is 0 Å². The summed E-state index contributed by atoms with van der Waals surface area (Å²) >= 11 is 0. The van der Waals surface area contributed by atoms with Crippen LogP contribution in [0, 0.1) is 5.82 Å². The SMILES string of the molecule is CC1CC[C@H](C)N(Cc2ccc(-c3ccc(C(=O)N(C)C)cc3)cc2F)S1(=O)=O. The van der Waals surface area contributed by atoms with Crippen LogP contribution >= 0.6 is 0 Å². The molecule has 29 heavy (non-hydrogen) atoms. The van der Waals surface area contributed by atoms with Crippen molar-refractivity contribution >= 4 is 15.9 Å². The van der Waals surface area contributed by atoms with E-state index in [9.17, 15) is 17.6 Å². The van der Waals surface area contributed by atoms with Crippen molar-refractivity contribution < 1.29 is 17.6 Å². The molecule has 156 valence electrons. The fourth-order valence-corrected chi connectivity index (χ4v) is 5.41. The van der Waals surface area contributed by atoms with Crippen LogP contribution in [0.25, 0.3) is 11.1 Å². The Kier molecular flexibility index (Phi) is 6.10. The Morgan fingerprint density at radius 3 is 2.28 bits per heavy atom. The molecule has 0 aromatic heterocycles. The van der Waals surface area contributed by atoms with Gasteiger partial charge in [-0.05, 0) is 56.0 Å². The minimum Gasteiger partial charge on any atom is -0.345 e. The van der Waals surface area contributed by atoms with E-state index in [-0.39, 0.29) is 18.5 Å². The molecule has 1 fully saturated rings. The van der Waals surface area contributed by atoms with E-state index < -0.39 is 21.1 Å². The Hall–Kier alpha value is -2.25. The van der Waals surface area contributed by atoms with Gasteiger partial charge in [0.25, 0.3) is 5.91 Å². The first-order valence-corrected chi connectivity index (χ1v) is 11.2. The zero-order chi connectivity index (χ0) is 21.3. The van der Waals surface area contributed by atoms with Crippen molar-refractivity contribution in [2.75, 3.05) is 14.1 Å². The smallest absolute Gasteiger partial charge is 0.253 e. The molecule has 3 rings (SSSR count). The molecule has 0 aliphatic carbocycles. The molecule has 0 radical (unpaired) electrons. The summed E-state index contributed by atoms with van der Waals surface area (Å²) in [7, 11) is -0.0400. The quantitative estimate of drug-likeness (QED) is 0.757. The van der Waals surface area contributed by atoms with Crippen molar-refractivity contribution in [2.45, 2.75) is 44.5 Å². The van der Waals surface area contributed by atoms with E-state index in [2.05, 4.69) is 0 Å². The first kappa shape index (κ1) is 21.5. The van der Waals surface area contributed by atoms with Gasteiger partial charge >= 0.3 is 0 Å². The number of sulfonamides is 1. The minimum atomic E-state index is -3.42. The van der Waals surface area contributed by atoms with Gasteiger partial charge in [0, 0.05) is 37.8 Å². The molecule has 1 aliphatic rings. The van der Waals surface area contributed by atoms with Crippen molar-refractivity contribution in [1.82, 2.24) is 9.21 Å². The molecule has 0 spiro atoms. The lowest BCUT2D eigenvalue weighted by Crippen LogP contribution is -2.47. The van der Waals surface area contributed by atoms with Crippen molar-refractivity contribution in [3.63, 3.8) is 0 Å². The Balaban J connectivity index is 1.83. The molecule has 2 aromatic carbocycles. The van der Waals surface area contributed by atoms with Crippen LogP contribution < -0.4 is 0 Å². The third-order valence-electron chi connectivity index (χ3n) is 5.57. The first-order chi connectivity index (χ1) is 13.6. The Labute approximate surface area is 172 Å². The predicted molar refractivity (Wildman–Crippen MR) is 112 cm³/mol. The number of hydrogen-bond donors (Lipinski definition) is 0. The van der Waals surface area contributed by atoms with Gasteiger partial charge in [0.15, 0.2) is 0 Å². The number of amides is 1. The Morgan fingerprint density at radius 1 is 1.07 bits per heavy atom. The molecule has 7 heteroatoms. The summed E-state index contributed by atoms with van der Waals surface area (Å²) in [4.78, 5) is 13.5. The molecule has 1 amide bonds. The second-order valence-electron chi connectivity index (χ2n) is 7.91. The van der Waals surface area contributed by atoms with E-state index in [0.29, 0.717) is 23.1 Å². The maximum Gasteiger partial charge on any atom is 0.253 e. The van der Waals surface area contributed by atoms with Gasteiger partial charge < -0.3 is 4.90 Å². The van der Waals surface area contributed by atoms with Gasteiger partial charge in [-0.1, -0.05) is 24.3 Å². The molecule has 5 nitrogen and oxygen atoms in total. The molecule has 0 bridgehead atoms. The average molecular weight is 419 g/mol. The van der Waals surface area contributed by atoms with E-state index >= 15 is 0 Å². The van der Waals surface area contributed by atoms with Crippen LogP contribution in [0.1, 0.15) is 42.6 Å². The van der Waals surface area contributed by atoms with Crippen LogP contribution in [-0.2, 0) is 16.6 Å². The number of nitrogens with zero attached hydrogens (tertiary/aromatic N) is 2. The third-order valence-corrected chi connectivity index (χ3v) is 7.96. The molecule has 1 aliphatic heterocycles. The number of benzene rings is 2. The molecule has 1 saturated heterocycles. The summed E-state index contributed by atoms with van der Waals surface area (Å²) < 4.78 is 41.5. The highest BCUT2D eigenvalue weighted by molar-refractivity contribution is 7.89. The topological polar surface area (TPSA) is 57.7 Å². The van der Waals surface area contributed by atoms with Crippen LogP contribution in [0.3, 0.4) is 0 Å². The van der Waals surface area contributed by atoms with E-state index in [1.165, 1.54) is 15.3 Å². The monoisotopic (exact) mass is 418 g/mol. The number of carbonyl (C=O) groups excluding carboxylic acids is 1. The summed E-state index contributed by atoms with van der Waals surface area (Å²) in [5, 5.41) is -0.440. The zero-order valence-corrected chi connectivity index (χ0v) is 18.0. The molecule has 1 unspecified atom stereocenters. The molecular weight excluding hydrogens is 391 g/mol. The van der Waals surface area contributed by atoms with E-state index in [1.54, 1.807) is 57.4 Å². The van der Waals surface area contributed by atoms with Crippen LogP contribution in [0.2, 0.25) is 0 Å². The highest BCUT2D eigenvalue weighted by Gasteiger charge is 2.37. The lowest BCUT2D eigenvalue weighted by atomic mass is 10.0. The summed E-state index contributed by atoms with van der Waals surface area (Å²) in [6.07, 6.45) is 1.41. The van der Waals surface area contributed by atoms with Gasteiger partial charge in [-0.3, -0.25) is 4.79 Å². The van der Waals surface area contributed by atoms with Crippen LogP contribution in [0.15, 0.2) is 42.5 Å². The van der Waals surface area contributed by atoms with Gasteiger partial charge in [-0.2, -0.15) is 4.31 Å². The predicted octanol–water partition coefficient (Wildman–Crippen LogP) is 3.90. The number of rotatable bonds is 4. The number of carbonyl (C=O) groups is 1. The largest absolute Gasteiger partial charge is 0.345 e. The minimum absolute atomic E-state index is 0.0379. The summed E-state index contributed by atoms with van der Waals surface area (Å²) in [5.41, 5.74) is 2.39. The van der Waals surface area contributed by atoms with Crippen molar-refractivity contribution in [1.29, 1.82) is 0 Å². The Morgan fingerprint density at radius 2 is 1.69 bits per heavy atom. The highest BCUT2D eigenvalue weighted by Crippen LogP contribution is 2.29. The normalized spacial score (nSPS) is 21.7. The average Bonchev–Trinajstić information content (AvgIpc) is 2.69. The van der Waals surface area contributed by atoms with E-state index in [1.807, 2.05) is 6.92 Å². The Bertz CT molecular complexity index is 1000. The summed E-state index contributed by atoms with van der Waals surface area (Å²) in [5.74, 6) is -0.527. The molecule has 1 heterocycles.